The van der Waals surface area contributed by atoms with E-state index < -0.39 is 10.0 Å². The molecule has 1 aliphatic rings. The van der Waals surface area contributed by atoms with Crippen LogP contribution in [0.5, 0.6) is 0 Å². The van der Waals surface area contributed by atoms with Gasteiger partial charge in [0.15, 0.2) is 0 Å². The Hall–Kier alpha value is -0.620. The lowest BCUT2D eigenvalue weighted by atomic mass is 9.98. The van der Waals surface area contributed by atoms with E-state index in [1.165, 1.54) is 0 Å². The molecule has 0 aromatic heterocycles. The van der Waals surface area contributed by atoms with Gasteiger partial charge in [-0.1, -0.05) is 18.2 Å². The molecule has 1 saturated heterocycles. The van der Waals surface area contributed by atoms with Crippen molar-refractivity contribution >= 4 is 22.4 Å². The van der Waals surface area contributed by atoms with Crippen LogP contribution in [0.25, 0.3) is 0 Å². The average molecular weight is 319 g/mol. The Morgan fingerprint density at radius 2 is 1.85 bits per heavy atom. The second-order valence-electron chi connectivity index (χ2n) is 5.17. The molecule has 0 unspecified atom stereocenters. The standard InChI is InChI=1S/C14H22N2O2S.ClH/c1-12-5-3-4-6-14(12)19(17,18)16-9-7-13(8-10-16)11-15-2;/h3-6,13,15H,7-11H2,1-2H3;1H. The minimum Gasteiger partial charge on any atom is -0.319 e. The van der Waals surface area contributed by atoms with E-state index in [0.29, 0.717) is 23.9 Å². The summed E-state index contributed by atoms with van der Waals surface area (Å²) in [5.41, 5.74) is 0.819. The van der Waals surface area contributed by atoms with Gasteiger partial charge in [-0.3, -0.25) is 0 Å². The zero-order valence-electron chi connectivity index (χ0n) is 12.0. The summed E-state index contributed by atoms with van der Waals surface area (Å²) < 4.78 is 26.8. The molecule has 2 rings (SSSR count). The second kappa shape index (κ2) is 7.41. The smallest absolute Gasteiger partial charge is 0.243 e. The van der Waals surface area contributed by atoms with Crippen LogP contribution in [0.1, 0.15) is 18.4 Å². The van der Waals surface area contributed by atoms with Crippen molar-refractivity contribution in [3.8, 4) is 0 Å². The molecule has 1 heterocycles. The predicted molar refractivity (Wildman–Crippen MR) is 83.8 cm³/mol. The number of aryl methyl sites for hydroxylation is 1. The summed E-state index contributed by atoms with van der Waals surface area (Å²) in [5.74, 6) is 0.591. The van der Waals surface area contributed by atoms with Gasteiger partial charge in [0.25, 0.3) is 0 Å². The fourth-order valence-corrected chi connectivity index (χ4v) is 4.32. The number of hydrogen-bond acceptors (Lipinski definition) is 3. The molecule has 0 spiro atoms. The van der Waals surface area contributed by atoms with Crippen molar-refractivity contribution in [2.24, 2.45) is 5.92 Å². The maximum atomic E-state index is 12.6. The van der Waals surface area contributed by atoms with E-state index in [1.807, 2.05) is 26.1 Å². The van der Waals surface area contributed by atoms with Crippen molar-refractivity contribution in [1.29, 1.82) is 0 Å². The quantitative estimate of drug-likeness (QED) is 0.924. The Balaban J connectivity index is 0.00000200. The third-order valence-corrected chi connectivity index (χ3v) is 5.84. The normalized spacial score (nSPS) is 17.7. The molecule has 1 fully saturated rings. The van der Waals surface area contributed by atoms with E-state index in [2.05, 4.69) is 5.32 Å². The molecule has 6 heteroatoms. The highest BCUT2D eigenvalue weighted by atomic mass is 35.5. The number of sulfonamides is 1. The summed E-state index contributed by atoms with van der Waals surface area (Å²) in [6.45, 7) is 4.07. The van der Waals surface area contributed by atoms with Gasteiger partial charge in [-0.2, -0.15) is 4.31 Å². The van der Waals surface area contributed by atoms with Crippen molar-refractivity contribution in [3.63, 3.8) is 0 Å². The first-order valence-corrected chi connectivity index (χ1v) is 8.20. The molecule has 0 bridgehead atoms. The maximum Gasteiger partial charge on any atom is 0.243 e. The second-order valence-corrected chi connectivity index (χ2v) is 7.08. The molecule has 0 aliphatic carbocycles. The van der Waals surface area contributed by atoms with E-state index >= 15 is 0 Å². The highest BCUT2D eigenvalue weighted by Crippen LogP contribution is 2.25. The molecule has 114 valence electrons. The average Bonchev–Trinajstić information content (AvgIpc) is 2.40. The number of hydrogen-bond donors (Lipinski definition) is 1. The van der Waals surface area contributed by atoms with Crippen LogP contribution in [0.4, 0.5) is 0 Å². The number of benzene rings is 1. The van der Waals surface area contributed by atoms with E-state index in [-0.39, 0.29) is 12.4 Å². The lowest BCUT2D eigenvalue weighted by Crippen LogP contribution is -2.40. The van der Waals surface area contributed by atoms with Crippen LogP contribution in [0.3, 0.4) is 0 Å². The van der Waals surface area contributed by atoms with Crippen LogP contribution in [0, 0.1) is 12.8 Å². The maximum absolute atomic E-state index is 12.6. The van der Waals surface area contributed by atoms with Crippen molar-refractivity contribution < 1.29 is 8.42 Å². The summed E-state index contributed by atoms with van der Waals surface area (Å²) in [5, 5.41) is 3.16. The van der Waals surface area contributed by atoms with Crippen LogP contribution in [-0.4, -0.2) is 39.4 Å². The molecular formula is C14H23ClN2O2S. The monoisotopic (exact) mass is 318 g/mol. The van der Waals surface area contributed by atoms with Crippen LogP contribution < -0.4 is 5.32 Å². The van der Waals surface area contributed by atoms with Gasteiger partial charge in [0.1, 0.15) is 0 Å². The van der Waals surface area contributed by atoms with Crippen LogP contribution in [0.15, 0.2) is 29.2 Å². The Morgan fingerprint density at radius 1 is 1.25 bits per heavy atom. The molecular weight excluding hydrogens is 296 g/mol. The van der Waals surface area contributed by atoms with E-state index in [0.717, 1.165) is 24.9 Å². The number of rotatable bonds is 4. The van der Waals surface area contributed by atoms with Crippen LogP contribution in [0.2, 0.25) is 0 Å². The fourth-order valence-electron chi connectivity index (χ4n) is 2.63. The zero-order chi connectivity index (χ0) is 13.9. The highest BCUT2D eigenvalue weighted by molar-refractivity contribution is 7.89. The number of halogens is 1. The van der Waals surface area contributed by atoms with Crippen molar-refractivity contribution in [2.75, 3.05) is 26.7 Å². The van der Waals surface area contributed by atoms with E-state index in [1.54, 1.807) is 16.4 Å². The summed E-state index contributed by atoms with van der Waals surface area (Å²) in [6, 6.07) is 7.20. The first-order valence-electron chi connectivity index (χ1n) is 6.76. The Morgan fingerprint density at radius 3 is 2.40 bits per heavy atom. The minimum absolute atomic E-state index is 0. The van der Waals surface area contributed by atoms with E-state index in [4.69, 9.17) is 0 Å². The van der Waals surface area contributed by atoms with Crippen molar-refractivity contribution in [1.82, 2.24) is 9.62 Å². The van der Waals surface area contributed by atoms with Gasteiger partial charge in [-0.05, 0) is 50.9 Å². The summed E-state index contributed by atoms with van der Waals surface area (Å²) >= 11 is 0. The molecule has 0 radical (unpaired) electrons. The topological polar surface area (TPSA) is 49.4 Å². The number of nitrogens with one attached hydrogen (secondary N) is 1. The van der Waals surface area contributed by atoms with Gasteiger partial charge in [0.2, 0.25) is 10.0 Å². The van der Waals surface area contributed by atoms with E-state index in [9.17, 15) is 8.42 Å². The van der Waals surface area contributed by atoms with Gasteiger partial charge in [-0.25, -0.2) is 8.42 Å². The van der Waals surface area contributed by atoms with Crippen molar-refractivity contribution in [3.05, 3.63) is 29.8 Å². The molecule has 0 atom stereocenters. The Bertz CT molecular complexity index is 526. The summed E-state index contributed by atoms with van der Waals surface area (Å²) in [6.07, 6.45) is 1.87. The summed E-state index contributed by atoms with van der Waals surface area (Å²) in [7, 11) is -1.38. The molecule has 4 nitrogen and oxygen atoms in total. The molecule has 1 N–H and O–H groups in total. The van der Waals surface area contributed by atoms with Crippen LogP contribution >= 0.6 is 12.4 Å². The lowest BCUT2D eigenvalue weighted by Gasteiger charge is -2.31. The molecule has 1 aromatic carbocycles. The lowest BCUT2D eigenvalue weighted by molar-refractivity contribution is 0.270. The predicted octanol–water partition coefficient (Wildman–Crippen LogP) is 2.04. The Labute approximate surface area is 128 Å². The number of nitrogens with zero attached hydrogens (tertiary/aromatic N) is 1. The number of piperidine rings is 1. The molecule has 1 aliphatic heterocycles. The Kier molecular flexibility index (Phi) is 6.45. The first-order chi connectivity index (χ1) is 9.05. The zero-order valence-corrected chi connectivity index (χ0v) is 13.6. The van der Waals surface area contributed by atoms with Gasteiger partial charge < -0.3 is 5.32 Å². The first kappa shape index (κ1) is 17.4. The fraction of sp³-hybridized carbons (Fsp3) is 0.571. The molecule has 0 amide bonds. The minimum atomic E-state index is -3.32. The van der Waals surface area contributed by atoms with Gasteiger partial charge >= 0.3 is 0 Å². The summed E-state index contributed by atoms with van der Waals surface area (Å²) in [4.78, 5) is 0.446. The van der Waals surface area contributed by atoms with Gasteiger partial charge in [0.05, 0.1) is 4.90 Å². The molecule has 0 saturated carbocycles. The molecule has 1 aromatic rings. The highest BCUT2D eigenvalue weighted by Gasteiger charge is 2.29. The largest absolute Gasteiger partial charge is 0.319 e. The SMILES string of the molecule is CNCC1CCN(S(=O)(=O)c2ccccc2C)CC1.Cl. The van der Waals surface area contributed by atoms with Gasteiger partial charge in [0, 0.05) is 13.1 Å². The van der Waals surface area contributed by atoms with Crippen molar-refractivity contribution in [2.45, 2.75) is 24.7 Å². The van der Waals surface area contributed by atoms with Gasteiger partial charge in [-0.15, -0.1) is 12.4 Å². The third kappa shape index (κ3) is 3.73. The van der Waals surface area contributed by atoms with Crippen LogP contribution in [-0.2, 0) is 10.0 Å². The third-order valence-electron chi connectivity index (χ3n) is 3.78. The molecule has 20 heavy (non-hydrogen) atoms.